The molecule has 0 aromatic rings. The van der Waals surface area contributed by atoms with E-state index in [0.29, 0.717) is 0 Å². The van der Waals surface area contributed by atoms with Crippen LogP contribution in [-0.4, -0.2) is 24.6 Å². The second-order valence-electron chi connectivity index (χ2n) is 4.73. The zero-order chi connectivity index (χ0) is 16.9. The molecule has 0 saturated carbocycles. The van der Waals surface area contributed by atoms with Crippen LogP contribution in [0.3, 0.4) is 0 Å². The molecule has 6 nitrogen and oxygen atoms in total. The first-order valence-corrected chi connectivity index (χ1v) is 11.1. The second-order valence-corrected chi connectivity index (χ2v) is 10.9. The topological polar surface area (TPSA) is 129 Å². The molecule has 0 fully saturated rings. The lowest BCUT2D eigenvalue weighted by Gasteiger charge is -2.14. The fourth-order valence-electron chi connectivity index (χ4n) is 1.72. The van der Waals surface area contributed by atoms with Crippen molar-refractivity contribution in [1.82, 2.24) is 0 Å². The van der Waals surface area contributed by atoms with Gasteiger partial charge in [-0.2, -0.15) is 21.0 Å². The van der Waals surface area contributed by atoms with Crippen LogP contribution in [0.1, 0.15) is 25.7 Å². The van der Waals surface area contributed by atoms with Gasteiger partial charge in [0.15, 0.2) is 0 Å². The van der Waals surface area contributed by atoms with Gasteiger partial charge in [0.2, 0.25) is 0 Å². The lowest BCUT2D eigenvalue weighted by molar-refractivity contribution is 0.577. The first-order chi connectivity index (χ1) is 10.4. The quantitative estimate of drug-likeness (QED) is 0.557. The van der Waals surface area contributed by atoms with E-state index < -0.39 is 14.3 Å². The maximum atomic E-state index is 12.7. The molecule has 8 heteroatoms. The Morgan fingerprint density at radius 2 is 0.818 bits per heavy atom. The van der Waals surface area contributed by atoms with Crippen molar-refractivity contribution in [1.29, 1.82) is 21.0 Å². The van der Waals surface area contributed by atoms with Gasteiger partial charge in [-0.25, -0.2) is 0 Å². The van der Waals surface area contributed by atoms with Gasteiger partial charge in [0.25, 0.3) is 0 Å². The zero-order valence-corrected chi connectivity index (χ0v) is 14.1. The van der Waals surface area contributed by atoms with Crippen molar-refractivity contribution in [2.45, 2.75) is 25.7 Å². The van der Waals surface area contributed by atoms with E-state index in [1.807, 2.05) is 24.3 Å². The minimum Gasteiger partial charge on any atom is -0.319 e. The van der Waals surface area contributed by atoms with Gasteiger partial charge >= 0.3 is 0 Å². The number of rotatable bonds is 10. The first-order valence-electron chi connectivity index (χ1n) is 6.79. The molecule has 0 unspecified atom stereocenters. The average Bonchev–Trinajstić information content (AvgIpc) is 2.53. The highest BCUT2D eigenvalue weighted by atomic mass is 31.2. The van der Waals surface area contributed by atoms with Crippen LogP contribution in [0.25, 0.3) is 0 Å². The highest BCUT2D eigenvalue weighted by molar-refractivity contribution is 7.70. The molecule has 0 bridgehead atoms. The van der Waals surface area contributed by atoms with Crippen molar-refractivity contribution in [3.8, 4) is 24.3 Å². The van der Waals surface area contributed by atoms with Gasteiger partial charge in [-0.1, -0.05) is 0 Å². The van der Waals surface area contributed by atoms with E-state index in [2.05, 4.69) is 0 Å². The summed E-state index contributed by atoms with van der Waals surface area (Å²) in [7, 11) is -5.75. The molecule has 0 aromatic heterocycles. The average molecular weight is 336 g/mol. The van der Waals surface area contributed by atoms with Gasteiger partial charge in [0.1, 0.15) is 14.3 Å². The third kappa shape index (κ3) is 8.45. The van der Waals surface area contributed by atoms with Crippen LogP contribution in [0.15, 0.2) is 11.6 Å². The third-order valence-corrected chi connectivity index (χ3v) is 8.56. The third-order valence-electron chi connectivity index (χ3n) is 3.02. The number of nitriles is 4. The van der Waals surface area contributed by atoms with Crippen molar-refractivity contribution < 1.29 is 9.13 Å². The van der Waals surface area contributed by atoms with Gasteiger partial charge in [-0.15, -0.1) is 0 Å². The summed E-state index contributed by atoms with van der Waals surface area (Å²) < 4.78 is 25.4. The maximum absolute atomic E-state index is 12.7. The normalized spacial score (nSPS) is 11.3. The maximum Gasteiger partial charge on any atom is 0.110 e. The summed E-state index contributed by atoms with van der Waals surface area (Å²) in [6, 6.07) is 7.69. The minimum absolute atomic E-state index is 0.105. The molecular weight excluding hydrogens is 318 g/mol. The van der Waals surface area contributed by atoms with E-state index in [1.165, 1.54) is 11.6 Å². The molecule has 116 valence electrons. The molecule has 0 N–H and O–H groups in total. The highest BCUT2D eigenvalue weighted by Crippen LogP contribution is 2.55. The summed E-state index contributed by atoms with van der Waals surface area (Å²) in [5.74, 6) is 2.77. The molecule has 0 radical (unpaired) electrons. The van der Waals surface area contributed by atoms with E-state index in [0.717, 1.165) is 0 Å². The molecule has 22 heavy (non-hydrogen) atoms. The largest absolute Gasteiger partial charge is 0.319 e. The Labute approximate surface area is 131 Å². The Balaban J connectivity index is 5.21. The molecule has 0 amide bonds. The predicted octanol–water partition coefficient (Wildman–Crippen LogP) is 3.84. The van der Waals surface area contributed by atoms with Gasteiger partial charge < -0.3 is 9.13 Å². The Kier molecular flexibility index (Phi) is 9.92. The van der Waals surface area contributed by atoms with Crippen LogP contribution in [0.5, 0.6) is 0 Å². The summed E-state index contributed by atoms with van der Waals surface area (Å²) >= 11 is 0. The second kappa shape index (κ2) is 10.8. The number of hydrogen-bond acceptors (Lipinski definition) is 6. The molecular formula is C14H18N4O2P2. The molecule has 0 atom stereocenters. The SMILES string of the molecule is N#CCCP(=O)(/C=C/P(=O)(CCC#N)CCC#N)CCC#N. The fraction of sp³-hybridized carbons (Fsp3) is 0.571. The van der Waals surface area contributed by atoms with Gasteiger partial charge in [0.05, 0.1) is 24.3 Å². The smallest absolute Gasteiger partial charge is 0.110 e. The molecule has 0 aliphatic carbocycles. The summed E-state index contributed by atoms with van der Waals surface area (Å²) in [5, 5.41) is 34.5. The van der Waals surface area contributed by atoms with Crippen LogP contribution in [0, 0.1) is 45.3 Å². The van der Waals surface area contributed by atoms with Gasteiger partial charge in [0, 0.05) is 50.3 Å². The van der Waals surface area contributed by atoms with E-state index in [1.54, 1.807) is 0 Å². The fourth-order valence-corrected chi connectivity index (χ4v) is 6.62. The molecule has 0 aliphatic heterocycles. The standard InChI is InChI=1S/C14H18N4O2P2/c15-5-1-9-21(19,10-2-6-16)13-14-22(20,11-3-7-17)12-4-8-18/h13-14H,1-4,9-12H2/b14-13+. The monoisotopic (exact) mass is 336 g/mol. The van der Waals surface area contributed by atoms with E-state index in [9.17, 15) is 9.13 Å². The molecule has 0 heterocycles. The van der Waals surface area contributed by atoms with Crippen LogP contribution < -0.4 is 0 Å². The van der Waals surface area contributed by atoms with Crippen molar-refractivity contribution in [2.75, 3.05) is 24.6 Å². The van der Waals surface area contributed by atoms with Crippen LogP contribution in [-0.2, 0) is 9.13 Å². The number of hydrogen-bond donors (Lipinski definition) is 0. The van der Waals surface area contributed by atoms with E-state index >= 15 is 0 Å². The highest BCUT2D eigenvalue weighted by Gasteiger charge is 2.22. The Hall–Kier alpha value is -1.84. The summed E-state index contributed by atoms with van der Waals surface area (Å²) in [5.41, 5.74) is 0. The van der Waals surface area contributed by atoms with Gasteiger partial charge in [-0.3, -0.25) is 0 Å². The van der Waals surface area contributed by atoms with Crippen molar-refractivity contribution >= 4 is 14.3 Å². The van der Waals surface area contributed by atoms with Crippen molar-refractivity contribution in [3.63, 3.8) is 0 Å². The predicted molar refractivity (Wildman–Crippen MR) is 84.7 cm³/mol. The molecule has 0 spiro atoms. The first kappa shape index (κ1) is 20.2. The molecule has 0 saturated heterocycles. The zero-order valence-electron chi connectivity index (χ0n) is 12.3. The Morgan fingerprint density at radius 1 is 0.591 bits per heavy atom. The van der Waals surface area contributed by atoms with Gasteiger partial charge in [-0.05, 0) is 11.6 Å². The lowest BCUT2D eigenvalue weighted by Crippen LogP contribution is -1.95. The Morgan fingerprint density at radius 3 is 1.00 bits per heavy atom. The summed E-state index contributed by atoms with van der Waals surface area (Å²) in [4.78, 5) is 0. The van der Waals surface area contributed by atoms with Crippen LogP contribution >= 0.6 is 14.3 Å². The summed E-state index contributed by atoms with van der Waals surface area (Å²) in [6.07, 6.45) is 1.02. The molecule has 0 rings (SSSR count). The number of nitrogens with zero attached hydrogens (tertiary/aromatic N) is 4. The Bertz CT molecular complexity index is 544. The van der Waals surface area contributed by atoms with Crippen molar-refractivity contribution in [3.05, 3.63) is 11.6 Å². The summed E-state index contributed by atoms with van der Waals surface area (Å²) in [6.45, 7) is 0. The van der Waals surface area contributed by atoms with Crippen molar-refractivity contribution in [2.24, 2.45) is 0 Å². The van der Waals surface area contributed by atoms with Crippen LogP contribution in [0.2, 0.25) is 0 Å². The minimum atomic E-state index is -2.88. The lowest BCUT2D eigenvalue weighted by atomic mass is 10.5. The van der Waals surface area contributed by atoms with E-state index in [-0.39, 0.29) is 50.3 Å². The molecule has 0 aliphatic rings. The van der Waals surface area contributed by atoms with Crippen LogP contribution in [0.4, 0.5) is 0 Å². The van der Waals surface area contributed by atoms with E-state index in [4.69, 9.17) is 21.0 Å². The molecule has 0 aromatic carbocycles.